The standard InChI is InChI=1S/C25H28N4O4/c30-24(14-18-32-21-7-3-1-4-8-21)27-23-11-15-26-29(23)20-12-16-28(17-13-20)25(31)19-33-22-9-5-2-6-10-22/h1-11,15,20H,12-14,16-19H2,(H,27,30). The number of carbonyl (C=O) groups is 2. The zero-order chi connectivity index (χ0) is 22.9. The Bertz CT molecular complexity index is 1030. The summed E-state index contributed by atoms with van der Waals surface area (Å²) in [5.41, 5.74) is 0. The Labute approximate surface area is 193 Å². The highest BCUT2D eigenvalue weighted by molar-refractivity contribution is 5.89. The molecule has 0 unspecified atom stereocenters. The van der Waals surface area contributed by atoms with Gasteiger partial charge in [0, 0.05) is 19.2 Å². The number of anilines is 1. The number of rotatable bonds is 9. The molecule has 1 aromatic heterocycles. The van der Waals surface area contributed by atoms with E-state index in [0.717, 1.165) is 18.6 Å². The van der Waals surface area contributed by atoms with Crippen LogP contribution in [0.2, 0.25) is 0 Å². The Morgan fingerprint density at radius 3 is 2.21 bits per heavy atom. The molecule has 172 valence electrons. The molecule has 0 spiro atoms. The summed E-state index contributed by atoms with van der Waals surface area (Å²) >= 11 is 0. The van der Waals surface area contributed by atoms with Crippen LogP contribution in [0.1, 0.15) is 25.3 Å². The maximum atomic E-state index is 12.5. The molecular formula is C25H28N4O4. The zero-order valence-corrected chi connectivity index (χ0v) is 18.4. The number of nitrogens with one attached hydrogen (secondary N) is 1. The van der Waals surface area contributed by atoms with E-state index in [1.807, 2.05) is 70.2 Å². The van der Waals surface area contributed by atoms with E-state index in [4.69, 9.17) is 9.47 Å². The number of aromatic nitrogens is 2. The summed E-state index contributed by atoms with van der Waals surface area (Å²) in [6, 6.07) is 20.7. The number of nitrogens with zero attached hydrogens (tertiary/aromatic N) is 3. The Kier molecular flexibility index (Phi) is 7.58. The maximum Gasteiger partial charge on any atom is 0.260 e. The second-order valence-corrected chi connectivity index (χ2v) is 7.83. The van der Waals surface area contributed by atoms with Crippen molar-refractivity contribution in [2.24, 2.45) is 0 Å². The minimum atomic E-state index is -0.127. The number of ether oxygens (including phenoxy) is 2. The van der Waals surface area contributed by atoms with Crippen molar-refractivity contribution in [3.8, 4) is 11.5 Å². The summed E-state index contributed by atoms with van der Waals surface area (Å²) in [5, 5.41) is 7.34. The predicted molar refractivity (Wildman–Crippen MR) is 124 cm³/mol. The van der Waals surface area contributed by atoms with Crippen LogP contribution < -0.4 is 14.8 Å². The van der Waals surface area contributed by atoms with Crippen molar-refractivity contribution < 1.29 is 19.1 Å². The first kappa shape index (κ1) is 22.4. The number of para-hydroxylation sites is 2. The van der Waals surface area contributed by atoms with Crippen LogP contribution in [0.15, 0.2) is 72.9 Å². The molecule has 0 radical (unpaired) electrons. The van der Waals surface area contributed by atoms with Crippen LogP contribution in [0, 0.1) is 0 Å². The van der Waals surface area contributed by atoms with Crippen LogP contribution in [0.5, 0.6) is 11.5 Å². The Morgan fingerprint density at radius 1 is 0.909 bits per heavy atom. The lowest BCUT2D eigenvalue weighted by atomic mass is 10.1. The average molecular weight is 449 g/mol. The lowest BCUT2D eigenvalue weighted by Crippen LogP contribution is -2.41. The van der Waals surface area contributed by atoms with E-state index in [1.165, 1.54) is 0 Å². The first-order valence-corrected chi connectivity index (χ1v) is 11.2. The normalized spacial score (nSPS) is 14.0. The third-order valence-electron chi connectivity index (χ3n) is 5.55. The highest BCUT2D eigenvalue weighted by Gasteiger charge is 2.26. The monoisotopic (exact) mass is 448 g/mol. The van der Waals surface area contributed by atoms with Crippen molar-refractivity contribution in [2.45, 2.75) is 25.3 Å². The molecular weight excluding hydrogens is 420 g/mol. The predicted octanol–water partition coefficient (Wildman–Crippen LogP) is 3.53. The molecule has 4 rings (SSSR count). The minimum Gasteiger partial charge on any atom is -0.493 e. The highest BCUT2D eigenvalue weighted by Crippen LogP contribution is 2.25. The van der Waals surface area contributed by atoms with Gasteiger partial charge in [-0.15, -0.1) is 0 Å². The number of amides is 2. The largest absolute Gasteiger partial charge is 0.493 e. The summed E-state index contributed by atoms with van der Waals surface area (Å²) in [4.78, 5) is 26.7. The number of likely N-dealkylation sites (tertiary alicyclic amines) is 1. The van der Waals surface area contributed by atoms with E-state index in [-0.39, 0.29) is 30.9 Å². The molecule has 33 heavy (non-hydrogen) atoms. The average Bonchev–Trinajstić information content (AvgIpc) is 3.32. The second kappa shape index (κ2) is 11.2. The molecule has 1 aliphatic rings. The molecule has 0 saturated carbocycles. The molecule has 3 aromatic rings. The number of benzene rings is 2. The minimum absolute atomic E-state index is 0.0234. The van der Waals surface area contributed by atoms with E-state index in [9.17, 15) is 9.59 Å². The van der Waals surface area contributed by atoms with Gasteiger partial charge in [0.05, 0.1) is 25.3 Å². The fraction of sp³-hybridized carbons (Fsp3) is 0.320. The van der Waals surface area contributed by atoms with Gasteiger partial charge in [0.2, 0.25) is 5.91 Å². The lowest BCUT2D eigenvalue weighted by molar-refractivity contribution is -0.134. The number of hydrogen-bond donors (Lipinski definition) is 1. The van der Waals surface area contributed by atoms with Gasteiger partial charge < -0.3 is 19.7 Å². The lowest BCUT2D eigenvalue weighted by Gasteiger charge is -2.32. The van der Waals surface area contributed by atoms with Gasteiger partial charge in [-0.3, -0.25) is 9.59 Å². The zero-order valence-electron chi connectivity index (χ0n) is 18.4. The molecule has 1 N–H and O–H groups in total. The van der Waals surface area contributed by atoms with E-state index in [1.54, 1.807) is 12.3 Å². The van der Waals surface area contributed by atoms with Crippen molar-refractivity contribution in [3.05, 3.63) is 72.9 Å². The second-order valence-electron chi connectivity index (χ2n) is 7.83. The van der Waals surface area contributed by atoms with Gasteiger partial charge >= 0.3 is 0 Å². The van der Waals surface area contributed by atoms with Crippen LogP contribution in [0.25, 0.3) is 0 Å². The molecule has 0 bridgehead atoms. The molecule has 0 atom stereocenters. The number of piperidine rings is 1. The van der Waals surface area contributed by atoms with E-state index in [0.29, 0.717) is 31.3 Å². The fourth-order valence-electron chi connectivity index (χ4n) is 3.80. The smallest absolute Gasteiger partial charge is 0.260 e. The van der Waals surface area contributed by atoms with E-state index < -0.39 is 0 Å². The molecule has 8 nitrogen and oxygen atoms in total. The highest BCUT2D eigenvalue weighted by atomic mass is 16.5. The maximum absolute atomic E-state index is 12.5. The SMILES string of the molecule is O=C(CCOc1ccccc1)Nc1ccnn1C1CCN(C(=O)COc2ccccc2)CC1. The topological polar surface area (TPSA) is 85.7 Å². The molecule has 2 heterocycles. The molecule has 1 aliphatic heterocycles. The van der Waals surface area contributed by atoms with E-state index in [2.05, 4.69) is 10.4 Å². The van der Waals surface area contributed by atoms with Crippen LogP contribution in [-0.2, 0) is 9.59 Å². The van der Waals surface area contributed by atoms with Crippen molar-refractivity contribution in [1.29, 1.82) is 0 Å². The van der Waals surface area contributed by atoms with Gasteiger partial charge in [-0.2, -0.15) is 5.10 Å². The molecule has 2 aromatic carbocycles. The van der Waals surface area contributed by atoms with Crippen molar-refractivity contribution in [1.82, 2.24) is 14.7 Å². The van der Waals surface area contributed by atoms with E-state index >= 15 is 0 Å². The van der Waals surface area contributed by atoms with Gasteiger partial charge in [-0.05, 0) is 37.1 Å². The quantitative estimate of drug-likeness (QED) is 0.541. The van der Waals surface area contributed by atoms with Gasteiger partial charge in [-0.25, -0.2) is 4.68 Å². The fourth-order valence-corrected chi connectivity index (χ4v) is 3.80. The number of carbonyl (C=O) groups excluding carboxylic acids is 2. The Morgan fingerprint density at radius 2 is 1.55 bits per heavy atom. The van der Waals surface area contributed by atoms with Crippen LogP contribution >= 0.6 is 0 Å². The van der Waals surface area contributed by atoms with Gasteiger partial charge in [0.15, 0.2) is 6.61 Å². The van der Waals surface area contributed by atoms with Gasteiger partial charge in [0.1, 0.15) is 17.3 Å². The van der Waals surface area contributed by atoms with Crippen molar-refractivity contribution in [2.75, 3.05) is 31.6 Å². The van der Waals surface area contributed by atoms with Crippen LogP contribution in [0.3, 0.4) is 0 Å². The summed E-state index contributed by atoms with van der Waals surface area (Å²) < 4.78 is 13.0. The van der Waals surface area contributed by atoms with Crippen LogP contribution in [0.4, 0.5) is 5.82 Å². The summed E-state index contributed by atoms with van der Waals surface area (Å²) in [7, 11) is 0. The molecule has 1 saturated heterocycles. The van der Waals surface area contributed by atoms with Crippen molar-refractivity contribution in [3.63, 3.8) is 0 Å². The van der Waals surface area contributed by atoms with Crippen molar-refractivity contribution >= 4 is 17.6 Å². The van der Waals surface area contributed by atoms with Gasteiger partial charge in [-0.1, -0.05) is 36.4 Å². The molecule has 2 amide bonds. The molecule has 8 heteroatoms. The summed E-state index contributed by atoms with van der Waals surface area (Å²) in [6.07, 6.45) is 3.45. The Balaban J connectivity index is 1.22. The first-order valence-electron chi connectivity index (χ1n) is 11.2. The summed E-state index contributed by atoms with van der Waals surface area (Å²) in [6.45, 7) is 1.58. The van der Waals surface area contributed by atoms with Gasteiger partial charge in [0.25, 0.3) is 5.91 Å². The Hall–Kier alpha value is -3.81. The van der Waals surface area contributed by atoms with Crippen LogP contribution in [-0.4, -0.2) is 52.8 Å². The third-order valence-corrected chi connectivity index (χ3v) is 5.55. The first-order chi connectivity index (χ1) is 16.2. The number of hydrogen-bond acceptors (Lipinski definition) is 5. The third kappa shape index (κ3) is 6.35. The molecule has 0 aliphatic carbocycles. The summed E-state index contributed by atoms with van der Waals surface area (Å²) in [5.74, 6) is 1.94. The molecule has 1 fully saturated rings.